The van der Waals surface area contributed by atoms with E-state index in [1.54, 1.807) is 0 Å². The largest absolute Gasteiger partial charge is 0.328 e. The van der Waals surface area contributed by atoms with Crippen molar-refractivity contribution in [1.82, 2.24) is 4.90 Å². The van der Waals surface area contributed by atoms with Crippen LogP contribution in [0.15, 0.2) is 0 Å². The number of nitrogens with zero attached hydrogens (tertiary/aromatic N) is 1. The van der Waals surface area contributed by atoms with E-state index in [0.717, 1.165) is 12.0 Å². The topological polar surface area (TPSA) is 29.3 Å². The molecule has 0 radical (unpaired) electrons. The molecule has 2 nitrogen and oxygen atoms in total. The third kappa shape index (κ3) is 4.52. The maximum absolute atomic E-state index is 5.94. The van der Waals surface area contributed by atoms with Gasteiger partial charge in [0.1, 0.15) is 0 Å². The maximum atomic E-state index is 5.94. The Hall–Kier alpha value is -0.0800. The molecular formula is C13H28N2. The van der Waals surface area contributed by atoms with E-state index in [-0.39, 0.29) is 0 Å². The first-order chi connectivity index (χ1) is 7.13. The normalized spacial score (nSPS) is 27.6. The third-order valence-corrected chi connectivity index (χ3v) is 3.66. The van der Waals surface area contributed by atoms with E-state index in [1.807, 2.05) is 0 Å². The first-order valence-corrected chi connectivity index (χ1v) is 6.63. The minimum atomic E-state index is 0.477. The van der Waals surface area contributed by atoms with E-state index in [9.17, 15) is 0 Å². The van der Waals surface area contributed by atoms with Crippen molar-refractivity contribution in [2.75, 3.05) is 13.1 Å². The van der Waals surface area contributed by atoms with E-state index in [4.69, 9.17) is 5.73 Å². The Bertz CT molecular complexity index is 160. The lowest BCUT2D eigenvalue weighted by atomic mass is 9.90. The van der Waals surface area contributed by atoms with E-state index in [1.165, 1.54) is 45.2 Å². The molecule has 0 aromatic rings. The van der Waals surface area contributed by atoms with Crippen LogP contribution in [-0.4, -0.2) is 30.1 Å². The minimum Gasteiger partial charge on any atom is -0.328 e. The molecule has 0 atom stereocenters. The van der Waals surface area contributed by atoms with Gasteiger partial charge >= 0.3 is 0 Å². The van der Waals surface area contributed by atoms with Crippen molar-refractivity contribution < 1.29 is 0 Å². The molecule has 0 bridgehead atoms. The van der Waals surface area contributed by atoms with Crippen LogP contribution in [0, 0.1) is 5.92 Å². The van der Waals surface area contributed by atoms with Gasteiger partial charge in [0, 0.05) is 12.1 Å². The highest BCUT2D eigenvalue weighted by Gasteiger charge is 2.22. The first-order valence-electron chi connectivity index (χ1n) is 6.63. The third-order valence-electron chi connectivity index (χ3n) is 3.66. The summed E-state index contributed by atoms with van der Waals surface area (Å²) in [7, 11) is 0. The van der Waals surface area contributed by atoms with E-state index in [0.29, 0.717) is 6.04 Å². The molecule has 1 rings (SSSR count). The highest BCUT2D eigenvalue weighted by Crippen LogP contribution is 2.22. The molecule has 0 spiro atoms. The quantitative estimate of drug-likeness (QED) is 0.759. The van der Waals surface area contributed by atoms with Gasteiger partial charge in [-0.05, 0) is 51.1 Å². The molecule has 0 saturated heterocycles. The zero-order valence-electron chi connectivity index (χ0n) is 10.7. The lowest BCUT2D eigenvalue weighted by Crippen LogP contribution is -2.41. The van der Waals surface area contributed by atoms with Crippen molar-refractivity contribution >= 4 is 0 Å². The van der Waals surface area contributed by atoms with E-state index < -0.39 is 0 Å². The van der Waals surface area contributed by atoms with Gasteiger partial charge in [0.15, 0.2) is 0 Å². The molecule has 1 aliphatic rings. The highest BCUT2D eigenvalue weighted by atomic mass is 15.1. The fourth-order valence-corrected chi connectivity index (χ4v) is 2.49. The number of hydrogen-bond acceptors (Lipinski definition) is 2. The zero-order valence-corrected chi connectivity index (χ0v) is 10.7. The van der Waals surface area contributed by atoms with Gasteiger partial charge in [0.2, 0.25) is 0 Å². The molecule has 0 unspecified atom stereocenters. The average molecular weight is 212 g/mol. The summed E-state index contributed by atoms with van der Waals surface area (Å²) in [4.78, 5) is 2.66. The maximum Gasteiger partial charge on any atom is 0.00962 e. The molecule has 2 heteroatoms. The number of hydrogen-bond donors (Lipinski definition) is 1. The van der Waals surface area contributed by atoms with Gasteiger partial charge in [-0.3, -0.25) is 0 Å². The molecule has 1 fully saturated rings. The van der Waals surface area contributed by atoms with Crippen molar-refractivity contribution in [2.24, 2.45) is 11.7 Å². The molecule has 2 N–H and O–H groups in total. The summed E-state index contributed by atoms with van der Waals surface area (Å²) >= 11 is 0. The van der Waals surface area contributed by atoms with Crippen LogP contribution in [0.3, 0.4) is 0 Å². The van der Waals surface area contributed by atoms with Gasteiger partial charge in [0.05, 0.1) is 0 Å². The molecule has 0 aromatic heterocycles. The highest BCUT2D eigenvalue weighted by molar-refractivity contribution is 4.80. The standard InChI is InChI=1S/C13H28N2/c1-4-15(10-9-11(2)3)13-7-5-12(14)6-8-13/h11-13H,4-10,14H2,1-3H3. The average Bonchev–Trinajstić information content (AvgIpc) is 2.21. The molecule has 1 aliphatic carbocycles. The van der Waals surface area contributed by atoms with Crippen molar-refractivity contribution in [1.29, 1.82) is 0 Å². The van der Waals surface area contributed by atoms with Crippen molar-refractivity contribution in [3.8, 4) is 0 Å². The summed E-state index contributed by atoms with van der Waals surface area (Å²) in [6.07, 6.45) is 6.41. The molecule has 0 aliphatic heterocycles. The molecule has 0 aromatic carbocycles. The van der Waals surface area contributed by atoms with Gasteiger partial charge in [-0.1, -0.05) is 20.8 Å². The Morgan fingerprint density at radius 2 is 1.80 bits per heavy atom. The Morgan fingerprint density at radius 1 is 1.20 bits per heavy atom. The summed E-state index contributed by atoms with van der Waals surface area (Å²) in [6.45, 7) is 9.38. The van der Waals surface area contributed by atoms with Crippen LogP contribution in [0.25, 0.3) is 0 Å². The molecule has 90 valence electrons. The zero-order chi connectivity index (χ0) is 11.3. The first kappa shape index (κ1) is 13.0. The fraction of sp³-hybridized carbons (Fsp3) is 1.00. The Labute approximate surface area is 95.2 Å². The van der Waals surface area contributed by atoms with Gasteiger partial charge in [-0.2, -0.15) is 0 Å². The van der Waals surface area contributed by atoms with E-state index >= 15 is 0 Å². The van der Waals surface area contributed by atoms with Gasteiger partial charge in [-0.25, -0.2) is 0 Å². The second kappa shape index (κ2) is 6.49. The summed E-state index contributed by atoms with van der Waals surface area (Å²) in [5, 5.41) is 0. The monoisotopic (exact) mass is 212 g/mol. The van der Waals surface area contributed by atoms with Gasteiger partial charge in [-0.15, -0.1) is 0 Å². The van der Waals surface area contributed by atoms with Crippen molar-refractivity contribution in [3.05, 3.63) is 0 Å². The van der Waals surface area contributed by atoms with Crippen LogP contribution in [0.2, 0.25) is 0 Å². The second-order valence-corrected chi connectivity index (χ2v) is 5.38. The van der Waals surface area contributed by atoms with Crippen LogP contribution in [0.5, 0.6) is 0 Å². The summed E-state index contributed by atoms with van der Waals surface area (Å²) in [5.41, 5.74) is 5.94. The number of nitrogens with two attached hydrogens (primary N) is 1. The smallest absolute Gasteiger partial charge is 0.00962 e. The SMILES string of the molecule is CCN(CCC(C)C)C1CCC(N)CC1. The fourth-order valence-electron chi connectivity index (χ4n) is 2.49. The minimum absolute atomic E-state index is 0.477. The molecular weight excluding hydrogens is 184 g/mol. The van der Waals surface area contributed by atoms with Crippen LogP contribution < -0.4 is 5.73 Å². The number of rotatable bonds is 5. The predicted molar refractivity (Wildman–Crippen MR) is 66.9 cm³/mol. The molecule has 15 heavy (non-hydrogen) atoms. The Kier molecular flexibility index (Phi) is 5.62. The predicted octanol–water partition coefficient (Wildman–Crippen LogP) is 2.62. The summed E-state index contributed by atoms with van der Waals surface area (Å²) in [5.74, 6) is 0.824. The van der Waals surface area contributed by atoms with Gasteiger partial charge < -0.3 is 10.6 Å². The summed E-state index contributed by atoms with van der Waals surface area (Å²) < 4.78 is 0. The van der Waals surface area contributed by atoms with Crippen LogP contribution in [0.1, 0.15) is 52.9 Å². The van der Waals surface area contributed by atoms with E-state index in [2.05, 4.69) is 25.7 Å². The second-order valence-electron chi connectivity index (χ2n) is 5.38. The molecule has 0 heterocycles. The van der Waals surface area contributed by atoms with Crippen molar-refractivity contribution in [2.45, 2.75) is 65.0 Å². The van der Waals surface area contributed by atoms with Crippen LogP contribution in [0.4, 0.5) is 0 Å². The Balaban J connectivity index is 2.31. The lowest BCUT2D eigenvalue weighted by Gasteiger charge is -2.35. The van der Waals surface area contributed by atoms with Crippen LogP contribution in [-0.2, 0) is 0 Å². The van der Waals surface area contributed by atoms with Crippen LogP contribution >= 0.6 is 0 Å². The molecule has 1 saturated carbocycles. The van der Waals surface area contributed by atoms with Crippen molar-refractivity contribution in [3.63, 3.8) is 0 Å². The van der Waals surface area contributed by atoms with Gasteiger partial charge in [0.25, 0.3) is 0 Å². The summed E-state index contributed by atoms with van der Waals surface area (Å²) in [6, 6.07) is 1.29. The Morgan fingerprint density at radius 3 is 2.27 bits per heavy atom. The molecule has 0 amide bonds. The lowest BCUT2D eigenvalue weighted by molar-refractivity contribution is 0.150.